The van der Waals surface area contributed by atoms with Crippen molar-refractivity contribution in [3.8, 4) is 0 Å². The van der Waals surface area contributed by atoms with Gasteiger partial charge in [-0.3, -0.25) is 0 Å². The zero-order valence-electron chi connectivity index (χ0n) is 13.5. The van der Waals surface area contributed by atoms with E-state index in [0.29, 0.717) is 5.69 Å². The summed E-state index contributed by atoms with van der Waals surface area (Å²) in [5.74, 6) is -0.316. The largest absolute Gasteiger partial charge is 0.366 e. The average Bonchev–Trinajstić information content (AvgIpc) is 2.55. The molecule has 22 heavy (non-hydrogen) atoms. The highest BCUT2D eigenvalue weighted by atomic mass is 19.1. The molecular formula is C18H22FN3. The molecule has 0 saturated heterocycles. The van der Waals surface area contributed by atoms with Crippen molar-refractivity contribution in [1.82, 2.24) is 4.90 Å². The van der Waals surface area contributed by atoms with Crippen LogP contribution in [0.25, 0.3) is 0 Å². The minimum absolute atomic E-state index is 0.316. The highest BCUT2D eigenvalue weighted by molar-refractivity contribution is 5.70. The van der Waals surface area contributed by atoms with Gasteiger partial charge in [-0.2, -0.15) is 0 Å². The van der Waals surface area contributed by atoms with Crippen molar-refractivity contribution in [2.45, 2.75) is 13.8 Å². The lowest BCUT2D eigenvalue weighted by Gasteiger charge is -2.22. The quantitative estimate of drug-likeness (QED) is 0.597. The molecule has 0 N–H and O–H groups in total. The van der Waals surface area contributed by atoms with Crippen LogP contribution in [0.3, 0.4) is 0 Å². The summed E-state index contributed by atoms with van der Waals surface area (Å²) in [6, 6.07) is 13.2. The third kappa shape index (κ3) is 3.64. The number of rotatable bonds is 5. The smallest absolute Gasteiger partial charge is 0.150 e. The van der Waals surface area contributed by atoms with Gasteiger partial charge in [-0.1, -0.05) is 18.2 Å². The monoisotopic (exact) mass is 299 g/mol. The molecule has 0 radical (unpaired) electrons. The van der Waals surface area contributed by atoms with Crippen LogP contribution in [0.1, 0.15) is 12.5 Å². The van der Waals surface area contributed by atoms with Crippen LogP contribution in [0.2, 0.25) is 0 Å². The summed E-state index contributed by atoms with van der Waals surface area (Å²) in [7, 11) is 3.84. The molecule has 0 saturated carbocycles. The van der Waals surface area contributed by atoms with E-state index < -0.39 is 0 Å². The first-order valence-corrected chi connectivity index (χ1v) is 7.36. The Morgan fingerprint density at radius 1 is 1.14 bits per heavy atom. The first kappa shape index (κ1) is 16.0. The van der Waals surface area contributed by atoms with E-state index in [-0.39, 0.29) is 5.82 Å². The standard InChI is InChI=1S/C18H22FN3/c1-5-21(3)13-20-17-11-14(2)18(12-16(17)19)22(4)15-9-7-6-8-10-15/h6-13H,5H2,1-4H3/b20-13+. The predicted molar refractivity (Wildman–Crippen MR) is 92.1 cm³/mol. The molecular weight excluding hydrogens is 277 g/mol. The molecule has 3 nitrogen and oxygen atoms in total. The highest BCUT2D eigenvalue weighted by Crippen LogP contribution is 2.31. The van der Waals surface area contributed by atoms with Crippen molar-refractivity contribution in [2.75, 3.05) is 25.5 Å². The minimum Gasteiger partial charge on any atom is -0.366 e. The van der Waals surface area contributed by atoms with Crippen LogP contribution in [0, 0.1) is 12.7 Å². The summed E-state index contributed by atoms with van der Waals surface area (Å²) in [6.45, 7) is 4.82. The summed E-state index contributed by atoms with van der Waals surface area (Å²) < 4.78 is 14.3. The highest BCUT2D eigenvalue weighted by Gasteiger charge is 2.11. The molecule has 0 fully saturated rings. The molecule has 0 spiro atoms. The fourth-order valence-corrected chi connectivity index (χ4v) is 2.15. The van der Waals surface area contributed by atoms with Crippen LogP contribution in [-0.2, 0) is 0 Å². The maximum Gasteiger partial charge on any atom is 0.150 e. The molecule has 0 atom stereocenters. The number of aliphatic imine (C=N–C) groups is 1. The van der Waals surface area contributed by atoms with Crippen LogP contribution in [-0.4, -0.2) is 31.9 Å². The number of hydrogen-bond acceptors (Lipinski definition) is 2. The summed E-state index contributed by atoms with van der Waals surface area (Å²) in [5.41, 5.74) is 3.21. The molecule has 2 aromatic carbocycles. The van der Waals surface area contributed by atoms with Gasteiger partial charge < -0.3 is 9.80 Å². The second kappa shape index (κ2) is 7.07. The predicted octanol–water partition coefficient (Wildman–Crippen LogP) is 4.51. The summed E-state index contributed by atoms with van der Waals surface area (Å²) in [5, 5.41) is 0. The number of nitrogens with zero attached hydrogens (tertiary/aromatic N) is 3. The van der Waals surface area contributed by atoms with E-state index in [1.165, 1.54) is 0 Å². The second-order valence-corrected chi connectivity index (χ2v) is 5.30. The van der Waals surface area contributed by atoms with Crippen LogP contribution in [0.15, 0.2) is 47.5 Å². The lowest BCUT2D eigenvalue weighted by atomic mass is 10.1. The number of benzene rings is 2. The van der Waals surface area contributed by atoms with Gasteiger partial charge in [-0.25, -0.2) is 9.38 Å². The van der Waals surface area contributed by atoms with Crippen LogP contribution in [0.4, 0.5) is 21.5 Å². The van der Waals surface area contributed by atoms with Crippen LogP contribution < -0.4 is 4.90 Å². The van der Waals surface area contributed by atoms with Gasteiger partial charge in [-0.05, 0) is 37.6 Å². The van der Waals surface area contributed by atoms with E-state index in [4.69, 9.17) is 0 Å². The summed E-state index contributed by atoms with van der Waals surface area (Å²) >= 11 is 0. The van der Waals surface area contributed by atoms with E-state index in [1.54, 1.807) is 18.5 Å². The number of para-hydroxylation sites is 1. The molecule has 0 unspecified atom stereocenters. The van der Waals surface area contributed by atoms with Gasteiger partial charge in [0.05, 0.1) is 6.34 Å². The molecule has 0 aliphatic heterocycles. The fourth-order valence-electron chi connectivity index (χ4n) is 2.15. The van der Waals surface area contributed by atoms with Crippen molar-refractivity contribution in [1.29, 1.82) is 0 Å². The second-order valence-electron chi connectivity index (χ2n) is 5.30. The normalized spacial score (nSPS) is 11.0. The Morgan fingerprint density at radius 3 is 2.45 bits per heavy atom. The Labute approximate surface area is 131 Å². The topological polar surface area (TPSA) is 18.8 Å². The minimum atomic E-state index is -0.316. The molecule has 0 aliphatic carbocycles. The molecule has 0 bridgehead atoms. The molecule has 2 rings (SSSR count). The molecule has 116 valence electrons. The third-order valence-electron chi connectivity index (χ3n) is 3.66. The van der Waals surface area contributed by atoms with Crippen molar-refractivity contribution in [3.05, 3.63) is 53.8 Å². The zero-order chi connectivity index (χ0) is 16.1. The van der Waals surface area contributed by atoms with Gasteiger partial charge >= 0.3 is 0 Å². The Hall–Kier alpha value is -2.36. The summed E-state index contributed by atoms with van der Waals surface area (Å²) in [4.78, 5) is 8.10. The average molecular weight is 299 g/mol. The third-order valence-corrected chi connectivity index (χ3v) is 3.66. The Bertz CT molecular complexity index is 653. The molecule has 0 aliphatic rings. The lowest BCUT2D eigenvalue weighted by Crippen LogP contribution is -2.14. The van der Waals surface area contributed by atoms with Gasteiger partial charge in [0.25, 0.3) is 0 Å². The van der Waals surface area contributed by atoms with E-state index in [9.17, 15) is 4.39 Å². The van der Waals surface area contributed by atoms with E-state index in [0.717, 1.165) is 23.5 Å². The number of halogens is 1. The van der Waals surface area contributed by atoms with E-state index in [2.05, 4.69) is 4.99 Å². The van der Waals surface area contributed by atoms with E-state index >= 15 is 0 Å². The number of anilines is 2. The van der Waals surface area contributed by atoms with Crippen molar-refractivity contribution < 1.29 is 4.39 Å². The SMILES string of the molecule is CCN(C)/C=N/c1cc(C)c(N(C)c2ccccc2)cc1F. The maximum absolute atomic E-state index is 14.3. The molecule has 0 amide bonds. The number of hydrogen-bond donors (Lipinski definition) is 0. The Kier molecular flexibility index (Phi) is 5.15. The van der Waals surface area contributed by atoms with Gasteiger partial charge in [0.2, 0.25) is 0 Å². The molecule has 2 aromatic rings. The van der Waals surface area contributed by atoms with Crippen molar-refractivity contribution in [3.63, 3.8) is 0 Å². The molecule has 0 aromatic heterocycles. The Morgan fingerprint density at radius 2 is 1.82 bits per heavy atom. The van der Waals surface area contributed by atoms with Crippen LogP contribution in [0.5, 0.6) is 0 Å². The van der Waals surface area contributed by atoms with Crippen molar-refractivity contribution >= 4 is 23.4 Å². The van der Waals surface area contributed by atoms with Gasteiger partial charge in [0.1, 0.15) is 5.69 Å². The van der Waals surface area contributed by atoms with Gasteiger partial charge in [0, 0.05) is 38.1 Å². The van der Waals surface area contributed by atoms with Crippen molar-refractivity contribution in [2.24, 2.45) is 4.99 Å². The zero-order valence-corrected chi connectivity index (χ0v) is 13.5. The first-order chi connectivity index (χ1) is 10.5. The van der Waals surface area contributed by atoms with Crippen LogP contribution >= 0.6 is 0 Å². The van der Waals surface area contributed by atoms with E-state index in [1.807, 2.05) is 68.1 Å². The lowest BCUT2D eigenvalue weighted by molar-refractivity contribution is 0.551. The maximum atomic E-state index is 14.3. The number of aryl methyl sites for hydroxylation is 1. The molecule has 4 heteroatoms. The first-order valence-electron chi connectivity index (χ1n) is 7.36. The summed E-state index contributed by atoms with van der Waals surface area (Å²) in [6.07, 6.45) is 1.65. The van der Waals surface area contributed by atoms with Gasteiger partial charge in [0.15, 0.2) is 5.82 Å². The fraction of sp³-hybridized carbons (Fsp3) is 0.278. The molecule has 0 heterocycles. The Balaban J connectivity index is 2.32. The van der Waals surface area contributed by atoms with Gasteiger partial charge in [-0.15, -0.1) is 0 Å².